The number of nitrogens with one attached hydrogen (secondary N) is 1. The van der Waals surface area contributed by atoms with Crippen molar-refractivity contribution >= 4 is 40.3 Å². The number of benzene rings is 2. The van der Waals surface area contributed by atoms with Crippen LogP contribution in [0.15, 0.2) is 59.6 Å². The fourth-order valence-electron chi connectivity index (χ4n) is 5.04. The summed E-state index contributed by atoms with van der Waals surface area (Å²) >= 11 is 1.39. The lowest BCUT2D eigenvalue weighted by Crippen LogP contribution is -2.33. The topological polar surface area (TPSA) is 82.1 Å². The Hall–Kier alpha value is -3.13. The summed E-state index contributed by atoms with van der Waals surface area (Å²) in [6.07, 6.45) is 5.40. The summed E-state index contributed by atoms with van der Waals surface area (Å²) in [6, 6.07) is 17.2. The Kier molecular flexibility index (Phi) is 7.18. The molecule has 2 aromatic rings. The van der Waals surface area contributed by atoms with Crippen molar-refractivity contribution in [3.63, 3.8) is 0 Å². The van der Waals surface area contributed by atoms with Crippen molar-refractivity contribution in [1.82, 2.24) is 9.80 Å². The molecule has 2 saturated heterocycles. The van der Waals surface area contributed by atoms with Gasteiger partial charge in [-0.2, -0.15) is 4.99 Å². The van der Waals surface area contributed by atoms with Crippen LogP contribution >= 0.6 is 11.8 Å². The fraction of sp³-hybridized carbons (Fsp3) is 0.407. The Labute approximate surface area is 210 Å². The summed E-state index contributed by atoms with van der Waals surface area (Å²) in [4.78, 5) is 46.7. The molecule has 7 nitrogen and oxygen atoms in total. The second-order valence-corrected chi connectivity index (χ2v) is 10.5. The van der Waals surface area contributed by atoms with Gasteiger partial charge in [0.2, 0.25) is 5.91 Å². The number of piperidine rings is 1. The molecular weight excluding hydrogens is 460 g/mol. The van der Waals surface area contributed by atoms with Gasteiger partial charge >= 0.3 is 0 Å². The monoisotopic (exact) mass is 490 g/mol. The van der Waals surface area contributed by atoms with E-state index in [1.54, 1.807) is 24.3 Å². The molecule has 0 saturated carbocycles. The highest BCUT2D eigenvalue weighted by atomic mass is 32.2. The van der Waals surface area contributed by atoms with Crippen LogP contribution in [0.25, 0.3) is 0 Å². The number of amidine groups is 1. The molecule has 0 radical (unpaired) electrons. The number of thioether (sulfide) groups is 1. The molecule has 0 aliphatic carbocycles. The molecular formula is C27H30N4O3S. The molecule has 2 fully saturated rings. The van der Waals surface area contributed by atoms with Gasteiger partial charge in [-0.25, -0.2) is 0 Å². The number of aliphatic imine (C=N–C) groups is 1. The maximum absolute atomic E-state index is 13.3. The van der Waals surface area contributed by atoms with Gasteiger partial charge in [-0.3, -0.25) is 14.4 Å². The van der Waals surface area contributed by atoms with Crippen LogP contribution in [0.4, 0.5) is 5.69 Å². The number of likely N-dealkylation sites (tertiary alicyclic amines) is 2. The maximum atomic E-state index is 13.3. The van der Waals surface area contributed by atoms with Gasteiger partial charge in [0.1, 0.15) is 5.25 Å². The van der Waals surface area contributed by atoms with E-state index in [0.29, 0.717) is 11.3 Å². The number of amides is 3. The molecule has 3 amide bonds. The Morgan fingerprint density at radius 1 is 0.971 bits per heavy atom. The summed E-state index contributed by atoms with van der Waals surface area (Å²) in [6.45, 7) is 2.55. The van der Waals surface area contributed by atoms with E-state index < -0.39 is 5.25 Å². The van der Waals surface area contributed by atoms with Crippen molar-refractivity contribution in [3.05, 3.63) is 65.7 Å². The van der Waals surface area contributed by atoms with Crippen molar-refractivity contribution < 1.29 is 14.4 Å². The third-order valence-corrected chi connectivity index (χ3v) is 8.03. The predicted molar refractivity (Wildman–Crippen MR) is 138 cm³/mol. The Morgan fingerprint density at radius 3 is 2.57 bits per heavy atom. The number of nitrogens with zero attached hydrogens (tertiary/aromatic N) is 3. The number of rotatable bonds is 5. The number of carbonyl (C=O) groups is 3. The Bertz CT molecular complexity index is 1130. The van der Waals surface area contributed by atoms with Crippen molar-refractivity contribution in [2.45, 2.75) is 49.8 Å². The van der Waals surface area contributed by atoms with Crippen LogP contribution in [0.5, 0.6) is 0 Å². The lowest BCUT2D eigenvalue weighted by atomic mass is 10.0. The van der Waals surface area contributed by atoms with E-state index in [2.05, 4.69) is 27.3 Å². The quantitative estimate of drug-likeness (QED) is 0.669. The van der Waals surface area contributed by atoms with E-state index in [1.165, 1.54) is 18.2 Å². The van der Waals surface area contributed by atoms with Crippen molar-refractivity contribution in [1.29, 1.82) is 0 Å². The van der Waals surface area contributed by atoms with E-state index in [9.17, 15) is 14.4 Å². The van der Waals surface area contributed by atoms with Gasteiger partial charge in [0.25, 0.3) is 11.8 Å². The average molecular weight is 491 g/mol. The molecule has 1 N–H and O–H groups in total. The summed E-state index contributed by atoms with van der Waals surface area (Å²) < 4.78 is 0. The normalized spacial score (nSPS) is 22.3. The molecule has 3 aliphatic heterocycles. The van der Waals surface area contributed by atoms with Gasteiger partial charge in [-0.15, -0.1) is 0 Å². The minimum Gasteiger partial charge on any atom is -0.351 e. The van der Waals surface area contributed by atoms with Crippen LogP contribution in [0.1, 0.15) is 60.5 Å². The first-order valence-corrected chi connectivity index (χ1v) is 13.3. The standard InChI is InChI=1S/C27H30N4O3S/c32-24(18-23-25(33)29-27(35-23)30-14-5-2-6-15-30)28-21-12-7-11-20(17-21)26(34)31-16-8-13-22(31)19-9-3-1-4-10-19/h1,3-4,7,9-12,17,22-23H,2,5-6,8,13-16,18H2,(H,28,32)/t22-,23-/m0/s1. The van der Waals surface area contributed by atoms with Crippen LogP contribution in [0.2, 0.25) is 0 Å². The summed E-state index contributed by atoms with van der Waals surface area (Å²) in [5.74, 6) is -0.525. The summed E-state index contributed by atoms with van der Waals surface area (Å²) in [5.41, 5.74) is 2.25. The molecule has 3 heterocycles. The zero-order chi connectivity index (χ0) is 24.2. The highest BCUT2D eigenvalue weighted by Crippen LogP contribution is 2.33. The third kappa shape index (κ3) is 5.42. The van der Waals surface area contributed by atoms with Gasteiger partial charge in [-0.05, 0) is 55.9 Å². The van der Waals surface area contributed by atoms with Gasteiger partial charge in [0, 0.05) is 37.3 Å². The molecule has 3 aliphatic rings. The molecule has 182 valence electrons. The smallest absolute Gasteiger partial charge is 0.262 e. The second kappa shape index (κ2) is 10.6. The van der Waals surface area contributed by atoms with Crippen molar-refractivity contribution in [3.8, 4) is 0 Å². The van der Waals surface area contributed by atoms with Crippen LogP contribution in [-0.4, -0.2) is 57.6 Å². The van der Waals surface area contributed by atoms with E-state index in [0.717, 1.165) is 56.0 Å². The van der Waals surface area contributed by atoms with Gasteiger partial charge in [-0.1, -0.05) is 48.2 Å². The van der Waals surface area contributed by atoms with Gasteiger partial charge < -0.3 is 15.1 Å². The maximum Gasteiger partial charge on any atom is 0.262 e. The molecule has 2 atom stereocenters. The molecule has 5 rings (SSSR count). The highest BCUT2D eigenvalue weighted by Gasteiger charge is 2.34. The van der Waals surface area contributed by atoms with Crippen LogP contribution in [-0.2, 0) is 9.59 Å². The first-order valence-electron chi connectivity index (χ1n) is 12.4. The highest BCUT2D eigenvalue weighted by molar-refractivity contribution is 8.15. The molecule has 0 unspecified atom stereocenters. The van der Waals surface area contributed by atoms with Crippen molar-refractivity contribution in [2.24, 2.45) is 4.99 Å². The molecule has 35 heavy (non-hydrogen) atoms. The predicted octanol–water partition coefficient (Wildman–Crippen LogP) is 4.48. The first-order chi connectivity index (χ1) is 17.1. The van der Waals surface area contributed by atoms with Crippen LogP contribution in [0.3, 0.4) is 0 Å². The zero-order valence-corrected chi connectivity index (χ0v) is 20.5. The average Bonchev–Trinajstić information content (AvgIpc) is 3.52. The lowest BCUT2D eigenvalue weighted by Gasteiger charge is -2.27. The number of hydrogen-bond acceptors (Lipinski definition) is 5. The minimum absolute atomic E-state index is 0.0337. The van der Waals surface area contributed by atoms with E-state index in [-0.39, 0.29) is 30.2 Å². The third-order valence-electron chi connectivity index (χ3n) is 6.82. The number of carbonyl (C=O) groups excluding carboxylic acids is 3. The van der Waals surface area contributed by atoms with Crippen molar-refractivity contribution in [2.75, 3.05) is 25.0 Å². The van der Waals surface area contributed by atoms with E-state index >= 15 is 0 Å². The lowest BCUT2D eigenvalue weighted by molar-refractivity contribution is -0.121. The summed E-state index contributed by atoms with van der Waals surface area (Å²) in [7, 11) is 0. The molecule has 8 heteroatoms. The fourth-order valence-corrected chi connectivity index (χ4v) is 6.15. The van der Waals surface area contributed by atoms with E-state index in [1.807, 2.05) is 23.1 Å². The number of hydrogen-bond donors (Lipinski definition) is 1. The van der Waals surface area contributed by atoms with E-state index in [4.69, 9.17) is 0 Å². The number of anilines is 1. The summed E-state index contributed by atoms with van der Waals surface area (Å²) in [5, 5.41) is 3.13. The molecule has 2 aromatic carbocycles. The minimum atomic E-state index is -0.493. The van der Waals surface area contributed by atoms with Crippen LogP contribution < -0.4 is 5.32 Å². The molecule has 0 spiro atoms. The largest absolute Gasteiger partial charge is 0.351 e. The molecule has 0 bridgehead atoms. The molecule has 0 aromatic heterocycles. The first kappa shape index (κ1) is 23.6. The van der Waals surface area contributed by atoms with Gasteiger partial charge in [0.15, 0.2) is 5.17 Å². The van der Waals surface area contributed by atoms with Crippen LogP contribution in [0, 0.1) is 0 Å². The Balaban J connectivity index is 1.20. The SMILES string of the molecule is O=C(C[C@@H]1SC(N2CCCCC2)=NC1=O)Nc1cccc(C(=O)N2CCC[C@H]2c2ccccc2)c1. The second-order valence-electron chi connectivity index (χ2n) is 9.29. The Morgan fingerprint density at radius 2 is 1.77 bits per heavy atom. The zero-order valence-electron chi connectivity index (χ0n) is 19.7. The van der Waals surface area contributed by atoms with Gasteiger partial charge in [0.05, 0.1) is 6.04 Å².